The van der Waals surface area contributed by atoms with Gasteiger partial charge in [-0.05, 0) is 42.5 Å². The quantitative estimate of drug-likeness (QED) is 0.903. The number of nitrogens with zero attached hydrogens (tertiary/aromatic N) is 1. The summed E-state index contributed by atoms with van der Waals surface area (Å²) in [5.41, 5.74) is 1.81. The molecule has 0 bridgehead atoms. The second kappa shape index (κ2) is 5.36. The standard InChI is InChI=1S/C16H14N2O3/c19-15(13-4-2-1-3-12(13)10-5-6-10)18-14-8-7-11(9-17-14)16(20)21/h1-4,7-10H,5-6H2,(H,20,21)(H,17,18,19). The summed E-state index contributed by atoms with van der Waals surface area (Å²) in [5, 5.41) is 11.5. The fourth-order valence-corrected chi connectivity index (χ4v) is 2.23. The van der Waals surface area contributed by atoms with Crippen LogP contribution in [0.15, 0.2) is 42.6 Å². The van der Waals surface area contributed by atoms with Crippen molar-refractivity contribution in [1.82, 2.24) is 4.98 Å². The first kappa shape index (κ1) is 13.3. The van der Waals surface area contributed by atoms with Crippen molar-refractivity contribution >= 4 is 17.7 Å². The lowest BCUT2D eigenvalue weighted by Gasteiger charge is -2.09. The van der Waals surface area contributed by atoms with Crippen molar-refractivity contribution in [3.63, 3.8) is 0 Å². The molecule has 2 N–H and O–H groups in total. The average molecular weight is 282 g/mol. The summed E-state index contributed by atoms with van der Waals surface area (Å²) in [6.45, 7) is 0. The number of benzene rings is 1. The number of aromatic carboxylic acids is 1. The summed E-state index contributed by atoms with van der Waals surface area (Å²) < 4.78 is 0. The molecule has 21 heavy (non-hydrogen) atoms. The Labute approximate surface area is 121 Å². The molecule has 0 unspecified atom stereocenters. The van der Waals surface area contributed by atoms with Gasteiger partial charge in [0, 0.05) is 11.8 Å². The zero-order valence-electron chi connectivity index (χ0n) is 11.2. The molecule has 1 aliphatic rings. The van der Waals surface area contributed by atoms with Crippen LogP contribution >= 0.6 is 0 Å². The fourth-order valence-electron chi connectivity index (χ4n) is 2.23. The van der Waals surface area contributed by atoms with Gasteiger partial charge in [0.25, 0.3) is 5.91 Å². The van der Waals surface area contributed by atoms with Gasteiger partial charge in [0.05, 0.1) is 5.56 Å². The number of amides is 1. The third-order valence-electron chi connectivity index (χ3n) is 3.47. The molecule has 1 aromatic heterocycles. The Morgan fingerprint density at radius 1 is 1.14 bits per heavy atom. The van der Waals surface area contributed by atoms with E-state index in [-0.39, 0.29) is 11.5 Å². The van der Waals surface area contributed by atoms with Crippen LogP contribution in [0.3, 0.4) is 0 Å². The van der Waals surface area contributed by atoms with E-state index < -0.39 is 5.97 Å². The SMILES string of the molecule is O=C(O)c1ccc(NC(=O)c2ccccc2C2CC2)nc1. The van der Waals surface area contributed by atoms with Crippen molar-refractivity contribution in [2.45, 2.75) is 18.8 Å². The van der Waals surface area contributed by atoms with Crippen LogP contribution in [0, 0.1) is 0 Å². The molecule has 1 amide bonds. The van der Waals surface area contributed by atoms with Gasteiger partial charge in [-0.25, -0.2) is 9.78 Å². The number of carbonyl (C=O) groups is 2. The Kier molecular flexibility index (Phi) is 3.39. The van der Waals surface area contributed by atoms with Crippen LogP contribution in [-0.2, 0) is 0 Å². The molecule has 0 spiro atoms. The molecule has 5 heteroatoms. The highest BCUT2D eigenvalue weighted by Crippen LogP contribution is 2.41. The first-order valence-corrected chi connectivity index (χ1v) is 6.75. The monoisotopic (exact) mass is 282 g/mol. The zero-order chi connectivity index (χ0) is 14.8. The second-order valence-corrected chi connectivity index (χ2v) is 5.05. The maximum atomic E-state index is 12.3. The number of carbonyl (C=O) groups excluding carboxylic acids is 1. The molecule has 1 saturated carbocycles. The van der Waals surface area contributed by atoms with E-state index >= 15 is 0 Å². The van der Waals surface area contributed by atoms with E-state index in [0.29, 0.717) is 17.3 Å². The van der Waals surface area contributed by atoms with Gasteiger partial charge in [0.2, 0.25) is 0 Å². The minimum absolute atomic E-state index is 0.0892. The molecule has 1 aliphatic carbocycles. The number of aromatic nitrogens is 1. The summed E-state index contributed by atoms with van der Waals surface area (Å²) in [4.78, 5) is 27.0. The van der Waals surface area contributed by atoms with Crippen molar-refractivity contribution < 1.29 is 14.7 Å². The fraction of sp³-hybridized carbons (Fsp3) is 0.188. The molecular weight excluding hydrogens is 268 g/mol. The zero-order valence-corrected chi connectivity index (χ0v) is 11.2. The molecule has 1 heterocycles. The molecule has 0 saturated heterocycles. The van der Waals surface area contributed by atoms with Crippen LogP contribution in [0.1, 0.15) is 45.0 Å². The van der Waals surface area contributed by atoms with Crippen LogP contribution in [-0.4, -0.2) is 22.0 Å². The number of carboxylic acid groups (broad SMARTS) is 1. The van der Waals surface area contributed by atoms with Crippen molar-refractivity contribution in [2.75, 3.05) is 5.32 Å². The summed E-state index contributed by atoms with van der Waals surface area (Å²) in [7, 11) is 0. The van der Waals surface area contributed by atoms with E-state index in [0.717, 1.165) is 18.4 Å². The van der Waals surface area contributed by atoms with E-state index in [9.17, 15) is 9.59 Å². The Balaban J connectivity index is 1.78. The van der Waals surface area contributed by atoms with Crippen LogP contribution < -0.4 is 5.32 Å². The molecule has 0 aliphatic heterocycles. The molecule has 1 fully saturated rings. The van der Waals surface area contributed by atoms with E-state index in [1.807, 2.05) is 18.2 Å². The molecule has 0 atom stereocenters. The first-order chi connectivity index (χ1) is 10.1. The lowest BCUT2D eigenvalue weighted by Crippen LogP contribution is -2.15. The maximum Gasteiger partial charge on any atom is 0.337 e. The van der Waals surface area contributed by atoms with Gasteiger partial charge in [-0.15, -0.1) is 0 Å². The summed E-state index contributed by atoms with van der Waals surface area (Å²) >= 11 is 0. The van der Waals surface area contributed by atoms with Gasteiger partial charge < -0.3 is 10.4 Å². The highest BCUT2D eigenvalue weighted by Gasteiger charge is 2.27. The van der Waals surface area contributed by atoms with Gasteiger partial charge in [-0.3, -0.25) is 4.79 Å². The molecule has 1 aromatic carbocycles. The number of nitrogens with one attached hydrogen (secondary N) is 1. The normalized spacial score (nSPS) is 13.7. The Morgan fingerprint density at radius 3 is 2.52 bits per heavy atom. The largest absolute Gasteiger partial charge is 0.478 e. The topological polar surface area (TPSA) is 79.3 Å². The van der Waals surface area contributed by atoms with Gasteiger partial charge in [0.1, 0.15) is 5.82 Å². The van der Waals surface area contributed by atoms with Crippen molar-refractivity contribution in [3.8, 4) is 0 Å². The van der Waals surface area contributed by atoms with E-state index in [1.54, 1.807) is 6.07 Å². The lowest BCUT2D eigenvalue weighted by atomic mass is 10.0. The van der Waals surface area contributed by atoms with Crippen molar-refractivity contribution in [3.05, 3.63) is 59.3 Å². The second-order valence-electron chi connectivity index (χ2n) is 5.05. The number of rotatable bonds is 4. The number of pyridine rings is 1. The number of hydrogen-bond donors (Lipinski definition) is 2. The van der Waals surface area contributed by atoms with Gasteiger partial charge in [0.15, 0.2) is 0 Å². The average Bonchev–Trinajstić information content (AvgIpc) is 3.32. The van der Waals surface area contributed by atoms with E-state index in [2.05, 4.69) is 10.3 Å². The predicted octanol–water partition coefficient (Wildman–Crippen LogP) is 2.91. The number of carboxylic acids is 1. The molecular formula is C16H14N2O3. The number of hydrogen-bond acceptors (Lipinski definition) is 3. The molecule has 5 nitrogen and oxygen atoms in total. The van der Waals surface area contributed by atoms with E-state index in [4.69, 9.17) is 5.11 Å². The van der Waals surface area contributed by atoms with Crippen molar-refractivity contribution in [2.24, 2.45) is 0 Å². The van der Waals surface area contributed by atoms with Gasteiger partial charge in [-0.2, -0.15) is 0 Å². The summed E-state index contributed by atoms with van der Waals surface area (Å²) in [5.74, 6) is -0.433. The molecule has 106 valence electrons. The van der Waals surface area contributed by atoms with Gasteiger partial charge in [-0.1, -0.05) is 18.2 Å². The lowest BCUT2D eigenvalue weighted by molar-refractivity contribution is 0.0696. The Hall–Kier alpha value is -2.69. The summed E-state index contributed by atoms with van der Waals surface area (Å²) in [6, 6.07) is 10.5. The molecule has 0 radical (unpaired) electrons. The minimum atomic E-state index is -1.04. The highest BCUT2D eigenvalue weighted by molar-refractivity contribution is 6.05. The third kappa shape index (κ3) is 2.91. The van der Waals surface area contributed by atoms with Crippen LogP contribution in [0.25, 0.3) is 0 Å². The maximum absolute atomic E-state index is 12.3. The Morgan fingerprint density at radius 2 is 1.90 bits per heavy atom. The predicted molar refractivity (Wildman–Crippen MR) is 77.6 cm³/mol. The minimum Gasteiger partial charge on any atom is -0.478 e. The van der Waals surface area contributed by atoms with Crippen LogP contribution in [0.5, 0.6) is 0 Å². The Bertz CT molecular complexity index is 691. The smallest absolute Gasteiger partial charge is 0.337 e. The first-order valence-electron chi connectivity index (χ1n) is 6.75. The van der Waals surface area contributed by atoms with E-state index in [1.165, 1.54) is 18.3 Å². The van der Waals surface area contributed by atoms with Crippen LogP contribution in [0.2, 0.25) is 0 Å². The third-order valence-corrected chi connectivity index (χ3v) is 3.47. The van der Waals surface area contributed by atoms with Gasteiger partial charge >= 0.3 is 5.97 Å². The highest BCUT2D eigenvalue weighted by atomic mass is 16.4. The molecule has 2 aromatic rings. The van der Waals surface area contributed by atoms with Crippen molar-refractivity contribution in [1.29, 1.82) is 0 Å². The number of anilines is 1. The summed E-state index contributed by atoms with van der Waals surface area (Å²) in [6.07, 6.45) is 3.47. The molecule has 3 rings (SSSR count). The van der Waals surface area contributed by atoms with Crippen LogP contribution in [0.4, 0.5) is 5.82 Å².